The lowest BCUT2D eigenvalue weighted by molar-refractivity contribution is 0.200. The maximum Gasteiger partial charge on any atom is 0.277 e. The van der Waals surface area contributed by atoms with Gasteiger partial charge in [-0.25, -0.2) is 18.4 Å². The number of methoxy groups -OCH3 is 1. The summed E-state index contributed by atoms with van der Waals surface area (Å²) in [6, 6.07) is 3.17. The first-order chi connectivity index (χ1) is 16.2. The van der Waals surface area contributed by atoms with E-state index in [4.69, 9.17) is 9.72 Å². The van der Waals surface area contributed by atoms with Gasteiger partial charge in [0.1, 0.15) is 17.1 Å². The predicted octanol–water partition coefficient (Wildman–Crippen LogP) is 2.93. The lowest BCUT2D eigenvalue weighted by Gasteiger charge is -2.27. The van der Waals surface area contributed by atoms with E-state index < -0.39 is 10.0 Å². The fourth-order valence-corrected chi connectivity index (χ4v) is 5.74. The smallest absolute Gasteiger partial charge is 0.277 e. The molecule has 0 atom stereocenters. The van der Waals surface area contributed by atoms with Crippen LogP contribution < -0.4 is 15.1 Å². The number of hydrazine groups is 1. The van der Waals surface area contributed by atoms with E-state index in [2.05, 4.69) is 14.9 Å². The molecule has 34 heavy (non-hydrogen) atoms. The standard InChI is InChI=1S/C23H32N6O4S/c1-6-29-21-20(19(26-29)14(2)3)24-22(25-23(21)30)16-13-18(15(4)12-17(16)33-5)34(31,32)27-28-10-8-7-9-11-28/h12-14,27H,6-11H2,1-5H3,(H,24,25,30). The zero-order valence-electron chi connectivity index (χ0n) is 20.3. The van der Waals surface area contributed by atoms with Gasteiger partial charge in [0.2, 0.25) is 0 Å². The zero-order valence-corrected chi connectivity index (χ0v) is 21.1. The molecular weight excluding hydrogens is 456 g/mol. The number of nitrogens with zero attached hydrogens (tertiary/aromatic N) is 4. The quantitative estimate of drug-likeness (QED) is 0.524. The molecule has 0 bridgehead atoms. The predicted molar refractivity (Wildman–Crippen MR) is 130 cm³/mol. The average molecular weight is 489 g/mol. The van der Waals surface area contributed by atoms with Crippen LogP contribution in [0, 0.1) is 6.92 Å². The molecule has 0 saturated carbocycles. The third-order valence-electron chi connectivity index (χ3n) is 6.12. The van der Waals surface area contributed by atoms with E-state index in [0.29, 0.717) is 47.5 Å². The topological polar surface area (TPSA) is 122 Å². The van der Waals surface area contributed by atoms with Crippen molar-refractivity contribution < 1.29 is 13.2 Å². The van der Waals surface area contributed by atoms with Gasteiger partial charge in [0, 0.05) is 19.6 Å². The van der Waals surface area contributed by atoms with Crippen molar-refractivity contribution in [3.63, 3.8) is 0 Å². The highest BCUT2D eigenvalue weighted by Crippen LogP contribution is 2.33. The molecular formula is C23H32N6O4S. The molecule has 3 heterocycles. The summed E-state index contributed by atoms with van der Waals surface area (Å²) >= 11 is 0. The summed E-state index contributed by atoms with van der Waals surface area (Å²) in [5, 5.41) is 6.31. The number of H-pyrrole nitrogens is 1. The molecule has 0 spiro atoms. The molecule has 184 valence electrons. The lowest BCUT2D eigenvalue weighted by atomic mass is 10.1. The van der Waals surface area contributed by atoms with Gasteiger partial charge in [-0.2, -0.15) is 5.10 Å². The number of nitrogens with one attached hydrogen (secondary N) is 2. The van der Waals surface area contributed by atoms with Crippen molar-refractivity contribution in [1.82, 2.24) is 29.6 Å². The van der Waals surface area contributed by atoms with Crippen LogP contribution >= 0.6 is 0 Å². The Hall–Kier alpha value is -2.76. The van der Waals surface area contributed by atoms with Gasteiger partial charge in [0.15, 0.2) is 5.52 Å². The van der Waals surface area contributed by atoms with Crippen molar-refractivity contribution in [2.24, 2.45) is 0 Å². The van der Waals surface area contributed by atoms with E-state index >= 15 is 0 Å². The second-order valence-electron chi connectivity index (χ2n) is 8.93. The summed E-state index contributed by atoms with van der Waals surface area (Å²) in [6.45, 7) is 9.50. The Morgan fingerprint density at radius 2 is 1.91 bits per heavy atom. The number of aromatic amines is 1. The summed E-state index contributed by atoms with van der Waals surface area (Å²) in [4.78, 5) is 23.4. The van der Waals surface area contributed by atoms with E-state index in [-0.39, 0.29) is 22.2 Å². The number of sulfonamides is 1. The fourth-order valence-electron chi connectivity index (χ4n) is 4.37. The number of rotatable bonds is 7. The maximum absolute atomic E-state index is 13.3. The third-order valence-corrected chi connectivity index (χ3v) is 7.63. The number of benzene rings is 1. The molecule has 11 heteroatoms. The minimum absolute atomic E-state index is 0.0574. The van der Waals surface area contributed by atoms with Crippen LogP contribution in [0.4, 0.5) is 0 Å². The van der Waals surface area contributed by atoms with Gasteiger partial charge in [0.25, 0.3) is 15.6 Å². The van der Waals surface area contributed by atoms with E-state index in [9.17, 15) is 13.2 Å². The minimum atomic E-state index is -3.84. The molecule has 1 aliphatic rings. The molecule has 1 fully saturated rings. The molecule has 1 aliphatic heterocycles. The van der Waals surface area contributed by atoms with E-state index in [1.165, 1.54) is 13.2 Å². The summed E-state index contributed by atoms with van der Waals surface area (Å²) in [7, 11) is -2.33. The molecule has 2 N–H and O–H groups in total. The molecule has 2 aromatic heterocycles. The van der Waals surface area contributed by atoms with Gasteiger partial charge in [-0.1, -0.05) is 20.3 Å². The normalized spacial score (nSPS) is 15.4. The molecule has 4 rings (SSSR count). The molecule has 1 aromatic carbocycles. The Labute approximate surface area is 199 Å². The van der Waals surface area contributed by atoms with E-state index in [1.54, 1.807) is 22.7 Å². The number of hydrogen-bond donors (Lipinski definition) is 2. The second-order valence-corrected chi connectivity index (χ2v) is 10.6. The number of hydrogen-bond acceptors (Lipinski definition) is 7. The third kappa shape index (κ3) is 4.47. The Morgan fingerprint density at radius 3 is 2.53 bits per heavy atom. The summed E-state index contributed by atoms with van der Waals surface area (Å²) < 4.78 is 33.7. The van der Waals surface area contributed by atoms with Gasteiger partial charge in [0.05, 0.1) is 23.3 Å². The van der Waals surface area contributed by atoms with Crippen LogP contribution in [-0.4, -0.2) is 53.4 Å². The highest BCUT2D eigenvalue weighted by molar-refractivity contribution is 7.89. The van der Waals surface area contributed by atoms with Gasteiger partial charge in [-0.15, -0.1) is 4.83 Å². The van der Waals surface area contributed by atoms with Crippen molar-refractivity contribution in [2.75, 3.05) is 20.2 Å². The van der Waals surface area contributed by atoms with Crippen LogP contribution in [-0.2, 0) is 16.6 Å². The number of aryl methyl sites for hydroxylation is 2. The van der Waals surface area contributed by atoms with Crippen LogP contribution in [0.5, 0.6) is 5.75 Å². The first-order valence-corrected chi connectivity index (χ1v) is 13.1. The van der Waals surface area contributed by atoms with Crippen LogP contribution in [0.1, 0.15) is 57.2 Å². The van der Waals surface area contributed by atoms with E-state index in [0.717, 1.165) is 25.0 Å². The Morgan fingerprint density at radius 1 is 1.21 bits per heavy atom. The second kappa shape index (κ2) is 9.47. The number of fused-ring (bicyclic) bond motifs is 1. The van der Waals surface area contributed by atoms with E-state index in [1.807, 2.05) is 20.8 Å². The number of aromatic nitrogens is 4. The Kier molecular flexibility index (Phi) is 6.79. The molecule has 0 radical (unpaired) electrons. The van der Waals surface area contributed by atoms with Crippen LogP contribution in [0.2, 0.25) is 0 Å². The monoisotopic (exact) mass is 488 g/mol. The van der Waals surface area contributed by atoms with Gasteiger partial charge in [-0.3, -0.25) is 9.48 Å². The fraction of sp³-hybridized carbons (Fsp3) is 0.522. The van der Waals surface area contributed by atoms with Crippen molar-refractivity contribution in [1.29, 1.82) is 0 Å². The Bertz CT molecular complexity index is 1370. The zero-order chi connectivity index (χ0) is 24.6. The molecule has 10 nitrogen and oxygen atoms in total. The summed E-state index contributed by atoms with van der Waals surface area (Å²) in [5.41, 5.74) is 2.23. The largest absolute Gasteiger partial charge is 0.496 e. The summed E-state index contributed by atoms with van der Waals surface area (Å²) in [5.74, 6) is 0.717. The first kappa shape index (κ1) is 24.4. The molecule has 0 aliphatic carbocycles. The van der Waals surface area contributed by atoms with Crippen molar-refractivity contribution in [3.05, 3.63) is 33.7 Å². The SMILES string of the molecule is CCn1nc(C(C)C)c2nc(-c3cc(S(=O)(=O)NN4CCCCC4)c(C)cc3OC)[nH]c(=O)c21. The van der Waals surface area contributed by atoms with Crippen molar-refractivity contribution >= 4 is 21.1 Å². The number of ether oxygens (including phenoxy) is 1. The molecule has 0 unspecified atom stereocenters. The van der Waals surface area contributed by atoms with Crippen molar-refractivity contribution in [3.8, 4) is 17.1 Å². The lowest BCUT2D eigenvalue weighted by Crippen LogP contribution is -2.45. The molecule has 1 saturated heterocycles. The van der Waals surface area contributed by atoms with Crippen LogP contribution in [0.3, 0.4) is 0 Å². The Balaban J connectivity index is 1.87. The van der Waals surface area contributed by atoms with Gasteiger partial charge in [-0.05, 0) is 50.3 Å². The maximum atomic E-state index is 13.3. The highest BCUT2D eigenvalue weighted by atomic mass is 32.2. The van der Waals surface area contributed by atoms with Crippen LogP contribution in [0.15, 0.2) is 21.8 Å². The average Bonchev–Trinajstić information content (AvgIpc) is 3.18. The minimum Gasteiger partial charge on any atom is -0.496 e. The molecule has 0 amide bonds. The summed E-state index contributed by atoms with van der Waals surface area (Å²) in [6.07, 6.45) is 2.99. The highest BCUT2D eigenvalue weighted by Gasteiger charge is 2.26. The van der Waals surface area contributed by atoms with Gasteiger partial charge < -0.3 is 9.72 Å². The molecule has 3 aromatic rings. The van der Waals surface area contributed by atoms with Gasteiger partial charge >= 0.3 is 0 Å². The van der Waals surface area contributed by atoms with Crippen molar-refractivity contribution in [2.45, 2.75) is 64.3 Å². The first-order valence-electron chi connectivity index (χ1n) is 11.6. The van der Waals surface area contributed by atoms with Crippen LogP contribution in [0.25, 0.3) is 22.4 Å². The number of piperidine rings is 1.